The van der Waals surface area contributed by atoms with E-state index in [1.54, 1.807) is 39.4 Å². The number of amides is 1. The second kappa shape index (κ2) is 10.1. The van der Waals surface area contributed by atoms with Crippen molar-refractivity contribution in [3.05, 3.63) is 72.6 Å². The molecule has 1 N–H and O–H groups in total. The molecule has 0 aliphatic carbocycles. The Kier molecular flexibility index (Phi) is 7.02. The molecule has 0 unspecified atom stereocenters. The molecule has 7 nitrogen and oxygen atoms in total. The van der Waals surface area contributed by atoms with E-state index in [4.69, 9.17) is 0 Å². The second-order valence-electron chi connectivity index (χ2n) is 8.02. The van der Waals surface area contributed by atoms with E-state index in [9.17, 15) is 13.2 Å². The topological polar surface area (TPSA) is 84.3 Å². The fourth-order valence-corrected chi connectivity index (χ4v) is 5.35. The molecule has 0 saturated carbocycles. The summed E-state index contributed by atoms with van der Waals surface area (Å²) in [5.74, 6) is -0.124. The molecule has 1 aromatic heterocycles. The third-order valence-electron chi connectivity index (χ3n) is 5.64. The van der Waals surface area contributed by atoms with Gasteiger partial charge in [-0.15, -0.1) is 0 Å². The number of benzene rings is 2. The lowest BCUT2D eigenvalue weighted by Crippen LogP contribution is -2.31. The summed E-state index contributed by atoms with van der Waals surface area (Å²) in [7, 11) is -3.49. The number of carbonyl (C=O) groups is 1. The summed E-state index contributed by atoms with van der Waals surface area (Å²) in [4.78, 5) is 12.6. The number of hydrogen-bond acceptors (Lipinski definition) is 4. The van der Waals surface area contributed by atoms with Gasteiger partial charge in [0.25, 0.3) is 0 Å². The van der Waals surface area contributed by atoms with Gasteiger partial charge in [0.1, 0.15) is 0 Å². The number of aromatic nitrogens is 2. The van der Waals surface area contributed by atoms with Crippen LogP contribution in [0, 0.1) is 0 Å². The van der Waals surface area contributed by atoms with Crippen molar-refractivity contribution in [2.24, 2.45) is 0 Å². The Labute approximate surface area is 189 Å². The Bertz CT molecular complexity index is 1130. The van der Waals surface area contributed by atoms with Gasteiger partial charge in [-0.05, 0) is 61.2 Å². The molecule has 1 amide bonds. The molecule has 2 aromatic carbocycles. The van der Waals surface area contributed by atoms with Crippen molar-refractivity contribution in [2.75, 3.05) is 18.4 Å². The number of nitrogens with one attached hydrogen (secondary N) is 1. The molecule has 168 valence electrons. The zero-order valence-corrected chi connectivity index (χ0v) is 18.8. The van der Waals surface area contributed by atoms with Crippen molar-refractivity contribution >= 4 is 21.6 Å². The van der Waals surface area contributed by atoms with Gasteiger partial charge in [-0.25, -0.2) is 13.1 Å². The number of sulfonamides is 1. The molecule has 2 heterocycles. The van der Waals surface area contributed by atoms with Crippen LogP contribution in [0.2, 0.25) is 0 Å². The Morgan fingerprint density at radius 3 is 2.31 bits per heavy atom. The molecular weight excluding hydrogens is 424 g/mol. The average Bonchev–Trinajstić information content (AvgIpc) is 3.11. The van der Waals surface area contributed by atoms with E-state index in [0.29, 0.717) is 31.6 Å². The molecule has 3 aromatic rings. The number of anilines is 1. The highest BCUT2D eigenvalue weighted by Gasteiger charge is 2.24. The van der Waals surface area contributed by atoms with Gasteiger partial charge in [-0.1, -0.05) is 31.0 Å². The van der Waals surface area contributed by atoms with Crippen LogP contribution in [0.5, 0.6) is 0 Å². The van der Waals surface area contributed by atoms with Gasteiger partial charge in [0.15, 0.2) is 0 Å². The number of rotatable bonds is 7. The number of aryl methyl sites for hydroxylation is 1. The Morgan fingerprint density at radius 2 is 1.62 bits per heavy atom. The first-order valence-corrected chi connectivity index (χ1v) is 12.5. The summed E-state index contributed by atoms with van der Waals surface area (Å²) in [5, 5.41) is 7.19. The summed E-state index contributed by atoms with van der Waals surface area (Å²) in [5.41, 5.74) is 2.53. The van der Waals surface area contributed by atoms with E-state index in [1.165, 1.54) is 0 Å². The fraction of sp³-hybridized carbons (Fsp3) is 0.333. The monoisotopic (exact) mass is 452 g/mol. The third-order valence-corrected chi connectivity index (χ3v) is 7.55. The van der Waals surface area contributed by atoms with Crippen LogP contribution in [-0.4, -0.2) is 41.5 Å². The van der Waals surface area contributed by atoms with Gasteiger partial charge in [0.2, 0.25) is 15.9 Å². The summed E-state index contributed by atoms with van der Waals surface area (Å²) < 4.78 is 29.1. The molecule has 0 radical (unpaired) electrons. The zero-order valence-electron chi connectivity index (χ0n) is 18.0. The highest BCUT2D eigenvalue weighted by molar-refractivity contribution is 7.89. The van der Waals surface area contributed by atoms with Crippen molar-refractivity contribution in [2.45, 2.75) is 43.4 Å². The molecule has 1 aliphatic rings. The maximum Gasteiger partial charge on any atom is 0.243 e. The first-order valence-electron chi connectivity index (χ1n) is 11.0. The Balaban J connectivity index is 1.32. The first kappa shape index (κ1) is 22.2. The van der Waals surface area contributed by atoms with Crippen molar-refractivity contribution in [1.29, 1.82) is 0 Å². The summed E-state index contributed by atoms with van der Waals surface area (Å²) in [6, 6.07) is 16.2. The van der Waals surface area contributed by atoms with E-state index in [0.717, 1.165) is 36.9 Å². The lowest BCUT2D eigenvalue weighted by atomic mass is 10.2. The zero-order chi connectivity index (χ0) is 22.4. The van der Waals surface area contributed by atoms with Gasteiger partial charge in [0.05, 0.1) is 16.8 Å². The number of nitrogens with zero attached hydrogens (tertiary/aromatic N) is 3. The Morgan fingerprint density at radius 1 is 0.938 bits per heavy atom. The van der Waals surface area contributed by atoms with Crippen LogP contribution in [0.1, 0.15) is 37.7 Å². The largest absolute Gasteiger partial charge is 0.326 e. The minimum Gasteiger partial charge on any atom is -0.326 e. The predicted molar refractivity (Wildman–Crippen MR) is 124 cm³/mol. The minimum atomic E-state index is -3.49. The van der Waals surface area contributed by atoms with E-state index < -0.39 is 10.0 Å². The normalized spacial score (nSPS) is 15.2. The fourth-order valence-electron chi connectivity index (χ4n) is 3.83. The van der Waals surface area contributed by atoms with Crippen molar-refractivity contribution in [3.63, 3.8) is 0 Å². The van der Waals surface area contributed by atoms with Crippen molar-refractivity contribution in [3.8, 4) is 5.69 Å². The molecule has 0 atom stereocenters. The first-order chi connectivity index (χ1) is 15.5. The summed E-state index contributed by atoms with van der Waals surface area (Å²) in [6.45, 7) is 1.14. The molecule has 0 bridgehead atoms. The molecular formula is C24H28N4O3S. The maximum absolute atomic E-state index is 12.9. The van der Waals surface area contributed by atoms with E-state index in [1.807, 2.05) is 36.5 Å². The van der Waals surface area contributed by atoms with Gasteiger partial charge in [-0.3, -0.25) is 4.79 Å². The van der Waals surface area contributed by atoms with Gasteiger partial charge >= 0.3 is 0 Å². The second-order valence-corrected chi connectivity index (χ2v) is 9.96. The highest BCUT2D eigenvalue weighted by Crippen LogP contribution is 2.22. The highest BCUT2D eigenvalue weighted by atomic mass is 32.2. The smallest absolute Gasteiger partial charge is 0.243 e. The average molecular weight is 453 g/mol. The molecule has 8 heteroatoms. The standard InChI is InChI=1S/C24H28N4O3S/c29-24(15-10-20-18-25-28(19-20)22-8-4-3-5-9-22)26-21-11-13-23(14-12-21)32(30,31)27-16-6-1-2-7-17-27/h3-5,8-9,11-14,18-19H,1-2,6-7,10,15-17H2,(H,26,29). The van der Waals surface area contributed by atoms with Crippen LogP contribution in [0.25, 0.3) is 5.69 Å². The van der Waals surface area contributed by atoms with Crippen LogP contribution >= 0.6 is 0 Å². The van der Waals surface area contributed by atoms with Gasteiger partial charge in [0, 0.05) is 31.4 Å². The molecule has 32 heavy (non-hydrogen) atoms. The lowest BCUT2D eigenvalue weighted by molar-refractivity contribution is -0.116. The van der Waals surface area contributed by atoms with Gasteiger partial charge < -0.3 is 5.32 Å². The number of carbonyl (C=O) groups excluding carboxylic acids is 1. The van der Waals surface area contributed by atoms with Crippen LogP contribution < -0.4 is 5.32 Å². The quantitative estimate of drug-likeness (QED) is 0.587. The van der Waals surface area contributed by atoms with E-state index in [2.05, 4.69) is 10.4 Å². The van der Waals surface area contributed by atoms with Crippen LogP contribution in [0.15, 0.2) is 71.9 Å². The van der Waals surface area contributed by atoms with Crippen molar-refractivity contribution in [1.82, 2.24) is 14.1 Å². The minimum absolute atomic E-state index is 0.124. The van der Waals surface area contributed by atoms with Crippen LogP contribution in [-0.2, 0) is 21.2 Å². The maximum atomic E-state index is 12.9. The summed E-state index contributed by atoms with van der Waals surface area (Å²) in [6.07, 6.45) is 8.52. The number of para-hydroxylation sites is 1. The molecule has 1 saturated heterocycles. The van der Waals surface area contributed by atoms with Crippen LogP contribution in [0.3, 0.4) is 0 Å². The molecule has 1 fully saturated rings. The third kappa shape index (κ3) is 5.44. The van der Waals surface area contributed by atoms with Crippen LogP contribution in [0.4, 0.5) is 5.69 Å². The van der Waals surface area contributed by atoms with E-state index in [-0.39, 0.29) is 10.8 Å². The summed E-state index contributed by atoms with van der Waals surface area (Å²) >= 11 is 0. The Hall–Kier alpha value is -2.97. The van der Waals surface area contributed by atoms with Crippen molar-refractivity contribution < 1.29 is 13.2 Å². The SMILES string of the molecule is O=C(CCc1cnn(-c2ccccc2)c1)Nc1ccc(S(=O)(=O)N2CCCCCC2)cc1. The molecule has 4 rings (SSSR count). The van der Waals surface area contributed by atoms with Gasteiger partial charge in [-0.2, -0.15) is 9.40 Å². The molecule has 1 aliphatic heterocycles. The van der Waals surface area contributed by atoms with E-state index >= 15 is 0 Å². The number of hydrogen-bond donors (Lipinski definition) is 1. The molecule has 0 spiro atoms. The predicted octanol–water partition coefficient (Wildman–Crippen LogP) is 4.01. The lowest BCUT2D eigenvalue weighted by Gasteiger charge is -2.20.